The van der Waals surface area contributed by atoms with Gasteiger partial charge >= 0.3 is 0 Å². The first-order valence-electron chi connectivity index (χ1n) is 9.43. The monoisotopic (exact) mass is 306 g/mol. The summed E-state index contributed by atoms with van der Waals surface area (Å²) >= 11 is 0. The van der Waals surface area contributed by atoms with Crippen molar-refractivity contribution in [2.45, 2.75) is 64.3 Å². The van der Waals surface area contributed by atoms with Gasteiger partial charge in [0.2, 0.25) is 0 Å². The molecule has 3 aliphatic rings. The van der Waals surface area contributed by atoms with Crippen LogP contribution in [0.1, 0.15) is 58.3 Å². The molecule has 0 aromatic rings. The third kappa shape index (κ3) is 3.95. The summed E-state index contributed by atoms with van der Waals surface area (Å²) in [6.07, 6.45) is 11.1. The Morgan fingerprint density at radius 2 is 1.95 bits per heavy atom. The topological polar surface area (TPSA) is 39.7 Å². The van der Waals surface area contributed by atoms with E-state index in [0.717, 1.165) is 31.0 Å². The molecule has 1 saturated heterocycles. The van der Waals surface area contributed by atoms with Crippen molar-refractivity contribution >= 4 is 5.96 Å². The molecular formula is C18H34N4. The van der Waals surface area contributed by atoms with E-state index < -0.39 is 0 Å². The van der Waals surface area contributed by atoms with Crippen molar-refractivity contribution < 1.29 is 0 Å². The van der Waals surface area contributed by atoms with Crippen LogP contribution < -0.4 is 10.6 Å². The van der Waals surface area contributed by atoms with Gasteiger partial charge in [0.15, 0.2) is 5.96 Å². The number of aliphatic imine (C=N–C) groups is 1. The fourth-order valence-electron chi connectivity index (χ4n) is 4.31. The van der Waals surface area contributed by atoms with Crippen molar-refractivity contribution in [3.8, 4) is 0 Å². The summed E-state index contributed by atoms with van der Waals surface area (Å²) in [5, 5.41) is 7.17. The first kappa shape index (κ1) is 16.1. The number of hydrogen-bond acceptors (Lipinski definition) is 2. The molecule has 0 radical (unpaired) electrons. The third-order valence-electron chi connectivity index (χ3n) is 6.21. The molecule has 2 N–H and O–H groups in total. The van der Waals surface area contributed by atoms with Crippen LogP contribution in [-0.4, -0.2) is 50.1 Å². The van der Waals surface area contributed by atoms with E-state index in [1.165, 1.54) is 64.5 Å². The number of rotatable bonds is 6. The van der Waals surface area contributed by atoms with Gasteiger partial charge in [0.1, 0.15) is 0 Å². The Balaban J connectivity index is 1.38. The van der Waals surface area contributed by atoms with Gasteiger partial charge in [-0.05, 0) is 56.4 Å². The van der Waals surface area contributed by atoms with Gasteiger partial charge in [-0.2, -0.15) is 0 Å². The van der Waals surface area contributed by atoms with E-state index >= 15 is 0 Å². The molecule has 1 unspecified atom stereocenters. The molecule has 1 atom stereocenters. The Labute approximate surface area is 136 Å². The number of likely N-dealkylation sites (tertiary alicyclic amines) is 1. The highest BCUT2D eigenvalue weighted by Crippen LogP contribution is 2.40. The fraction of sp³-hybridized carbons (Fsp3) is 0.944. The summed E-state index contributed by atoms with van der Waals surface area (Å²) < 4.78 is 0. The van der Waals surface area contributed by atoms with Crippen molar-refractivity contribution in [1.82, 2.24) is 15.5 Å². The van der Waals surface area contributed by atoms with Gasteiger partial charge in [-0.3, -0.25) is 4.99 Å². The lowest BCUT2D eigenvalue weighted by Gasteiger charge is -2.28. The third-order valence-corrected chi connectivity index (χ3v) is 6.21. The Kier molecular flexibility index (Phi) is 5.27. The van der Waals surface area contributed by atoms with Crippen LogP contribution in [0.2, 0.25) is 0 Å². The van der Waals surface area contributed by atoms with E-state index in [4.69, 9.17) is 0 Å². The van der Waals surface area contributed by atoms with Crippen molar-refractivity contribution in [2.24, 2.45) is 16.3 Å². The van der Waals surface area contributed by atoms with E-state index in [9.17, 15) is 0 Å². The molecular weight excluding hydrogens is 272 g/mol. The second-order valence-electron chi connectivity index (χ2n) is 7.75. The Morgan fingerprint density at radius 1 is 1.18 bits per heavy atom. The van der Waals surface area contributed by atoms with Crippen molar-refractivity contribution in [2.75, 3.05) is 33.2 Å². The maximum Gasteiger partial charge on any atom is 0.191 e. The highest BCUT2D eigenvalue weighted by atomic mass is 15.2. The average Bonchev–Trinajstić information content (AvgIpc) is 3.11. The molecule has 1 heterocycles. The lowest BCUT2D eigenvalue weighted by molar-refractivity contribution is 0.283. The summed E-state index contributed by atoms with van der Waals surface area (Å²) in [6, 6.07) is 0.925. The summed E-state index contributed by atoms with van der Waals surface area (Å²) in [5.74, 6) is 1.80. The normalized spacial score (nSPS) is 29.0. The number of nitrogens with zero attached hydrogens (tertiary/aromatic N) is 2. The molecule has 4 heteroatoms. The summed E-state index contributed by atoms with van der Waals surface area (Å²) in [6.45, 7) is 7.09. The fourth-order valence-corrected chi connectivity index (χ4v) is 4.31. The van der Waals surface area contributed by atoms with E-state index in [0.29, 0.717) is 5.41 Å². The highest BCUT2D eigenvalue weighted by Gasteiger charge is 2.34. The summed E-state index contributed by atoms with van der Waals surface area (Å²) in [7, 11) is 1.90. The van der Waals surface area contributed by atoms with E-state index in [1.807, 2.05) is 7.05 Å². The quantitative estimate of drug-likeness (QED) is 0.585. The SMILES string of the molecule is CCC1(CNC(=NC)NCC2CCN(C3CC3)C2)CCCC1. The minimum absolute atomic E-state index is 0.522. The van der Waals surface area contributed by atoms with E-state index in [-0.39, 0.29) is 0 Å². The van der Waals surface area contributed by atoms with Gasteiger partial charge in [-0.1, -0.05) is 19.8 Å². The van der Waals surface area contributed by atoms with Crippen LogP contribution in [-0.2, 0) is 0 Å². The van der Waals surface area contributed by atoms with Crippen LogP contribution in [0, 0.1) is 11.3 Å². The van der Waals surface area contributed by atoms with Crippen molar-refractivity contribution in [3.63, 3.8) is 0 Å². The van der Waals surface area contributed by atoms with Crippen LogP contribution in [0.15, 0.2) is 4.99 Å². The molecule has 2 aliphatic carbocycles. The van der Waals surface area contributed by atoms with Gasteiger partial charge in [-0.15, -0.1) is 0 Å². The van der Waals surface area contributed by atoms with Crippen LogP contribution in [0.5, 0.6) is 0 Å². The van der Waals surface area contributed by atoms with Crippen LogP contribution in [0.4, 0.5) is 0 Å². The number of guanidine groups is 1. The van der Waals surface area contributed by atoms with Crippen LogP contribution in [0.25, 0.3) is 0 Å². The largest absolute Gasteiger partial charge is 0.356 e. The highest BCUT2D eigenvalue weighted by molar-refractivity contribution is 5.79. The predicted octanol–water partition coefficient (Wildman–Crippen LogP) is 2.61. The molecule has 3 rings (SSSR count). The molecule has 0 aromatic carbocycles. The van der Waals surface area contributed by atoms with Crippen LogP contribution >= 0.6 is 0 Å². The molecule has 126 valence electrons. The maximum atomic E-state index is 4.42. The summed E-state index contributed by atoms with van der Waals surface area (Å²) in [5.41, 5.74) is 0.522. The minimum atomic E-state index is 0.522. The Morgan fingerprint density at radius 3 is 2.59 bits per heavy atom. The van der Waals surface area contributed by atoms with E-state index in [1.54, 1.807) is 0 Å². The summed E-state index contributed by atoms with van der Waals surface area (Å²) in [4.78, 5) is 7.11. The molecule has 0 amide bonds. The van der Waals surface area contributed by atoms with Gasteiger partial charge in [0.05, 0.1) is 0 Å². The molecule has 3 fully saturated rings. The maximum absolute atomic E-state index is 4.42. The standard InChI is InChI=1S/C18H34N4/c1-3-18(9-4-5-10-18)14-21-17(19-2)20-12-15-8-11-22(13-15)16-6-7-16/h15-16H,3-14H2,1-2H3,(H2,19,20,21). The second-order valence-corrected chi connectivity index (χ2v) is 7.75. The van der Waals surface area contributed by atoms with Gasteiger partial charge in [0, 0.05) is 32.7 Å². The number of hydrogen-bond donors (Lipinski definition) is 2. The second kappa shape index (κ2) is 7.20. The van der Waals surface area contributed by atoms with Crippen molar-refractivity contribution in [1.29, 1.82) is 0 Å². The number of nitrogens with one attached hydrogen (secondary N) is 2. The van der Waals surface area contributed by atoms with Crippen molar-refractivity contribution in [3.05, 3.63) is 0 Å². The Bertz CT molecular complexity index is 383. The lowest BCUT2D eigenvalue weighted by atomic mass is 9.83. The molecule has 1 aliphatic heterocycles. The zero-order valence-corrected chi connectivity index (χ0v) is 14.5. The molecule has 0 bridgehead atoms. The van der Waals surface area contributed by atoms with Gasteiger partial charge in [0.25, 0.3) is 0 Å². The van der Waals surface area contributed by atoms with Gasteiger partial charge in [-0.25, -0.2) is 0 Å². The predicted molar refractivity (Wildman–Crippen MR) is 93.3 cm³/mol. The zero-order valence-electron chi connectivity index (χ0n) is 14.5. The zero-order chi connectivity index (χ0) is 15.4. The molecule has 0 aromatic heterocycles. The first-order chi connectivity index (χ1) is 10.7. The molecule has 0 spiro atoms. The molecule has 4 nitrogen and oxygen atoms in total. The minimum Gasteiger partial charge on any atom is -0.356 e. The first-order valence-corrected chi connectivity index (χ1v) is 9.43. The molecule has 22 heavy (non-hydrogen) atoms. The van der Waals surface area contributed by atoms with Gasteiger partial charge < -0.3 is 15.5 Å². The smallest absolute Gasteiger partial charge is 0.191 e. The lowest BCUT2D eigenvalue weighted by Crippen LogP contribution is -2.44. The Hall–Kier alpha value is -0.770. The molecule has 2 saturated carbocycles. The van der Waals surface area contributed by atoms with E-state index in [2.05, 4.69) is 27.4 Å². The van der Waals surface area contributed by atoms with Crippen LogP contribution in [0.3, 0.4) is 0 Å². The average molecular weight is 306 g/mol.